The maximum Gasteiger partial charge on any atom is 0.339 e. The highest BCUT2D eigenvalue weighted by molar-refractivity contribution is 5.99. The fraction of sp³-hybridized carbons (Fsp3) is 0.413. The van der Waals surface area contributed by atoms with E-state index in [2.05, 4.69) is 5.32 Å². The number of hydrogen-bond donors (Lipinski definition) is 2. The van der Waals surface area contributed by atoms with Gasteiger partial charge in [-0.3, -0.25) is 19.2 Å². The van der Waals surface area contributed by atoms with Crippen molar-refractivity contribution in [1.29, 1.82) is 0 Å². The standard InChI is InChI=1S/C46H53N3O10/c1-45(2,3)58-40(52)25-23-34(29-50)47-42(53)36-21-14-26-49(36)43(54)31-27-37(56-44(55)35-20-13-12-15-30(35)22-24-39(51)48(4)5)41-38(28-31)57-46(59-41,32-16-8-6-9-17-32)33-18-10-7-11-19-33/h6-13,15-20,22,24,28,34,36-38,41,50H,14,21,23,25-27,29H2,1-5H3,(H,47,53)/t34-,36+,37+,38+,41-/m0/s1. The molecule has 3 aromatic rings. The van der Waals surface area contributed by atoms with Crippen molar-refractivity contribution in [2.24, 2.45) is 0 Å². The van der Waals surface area contributed by atoms with Crippen LogP contribution >= 0.6 is 0 Å². The fourth-order valence-electron chi connectivity index (χ4n) is 7.58. The number of benzene rings is 3. The zero-order valence-corrected chi connectivity index (χ0v) is 34.2. The van der Waals surface area contributed by atoms with E-state index in [0.29, 0.717) is 36.1 Å². The summed E-state index contributed by atoms with van der Waals surface area (Å²) in [5.74, 6) is -3.65. The first-order valence-electron chi connectivity index (χ1n) is 20.0. The van der Waals surface area contributed by atoms with Gasteiger partial charge < -0.3 is 39.2 Å². The van der Waals surface area contributed by atoms with E-state index >= 15 is 0 Å². The van der Waals surface area contributed by atoms with Gasteiger partial charge in [-0.25, -0.2) is 4.79 Å². The number of carbonyl (C=O) groups excluding carboxylic acids is 5. The Morgan fingerprint density at radius 1 is 0.949 bits per heavy atom. The molecule has 2 aliphatic heterocycles. The minimum absolute atomic E-state index is 0.00384. The lowest BCUT2D eigenvalue weighted by Crippen LogP contribution is -2.51. The Labute approximate surface area is 344 Å². The number of nitrogens with zero attached hydrogens (tertiary/aromatic N) is 2. The second kappa shape index (κ2) is 18.5. The van der Waals surface area contributed by atoms with Gasteiger partial charge in [0, 0.05) is 56.3 Å². The molecule has 0 radical (unpaired) electrons. The van der Waals surface area contributed by atoms with Gasteiger partial charge in [-0.2, -0.15) is 0 Å². The Bertz CT molecular complexity index is 2020. The van der Waals surface area contributed by atoms with Crippen molar-refractivity contribution in [1.82, 2.24) is 15.1 Å². The van der Waals surface area contributed by atoms with Crippen LogP contribution in [0.5, 0.6) is 0 Å². The number of likely N-dealkylation sites (tertiary alicyclic amines) is 1. The zero-order valence-electron chi connectivity index (χ0n) is 34.2. The first-order valence-corrected chi connectivity index (χ1v) is 20.0. The Morgan fingerprint density at radius 2 is 1.59 bits per heavy atom. The van der Waals surface area contributed by atoms with Gasteiger partial charge in [0.05, 0.1) is 18.2 Å². The van der Waals surface area contributed by atoms with E-state index in [9.17, 15) is 29.1 Å². The minimum Gasteiger partial charge on any atom is -0.460 e. The predicted octanol–water partition coefficient (Wildman–Crippen LogP) is 4.92. The second-order valence-electron chi connectivity index (χ2n) is 16.2. The Balaban J connectivity index is 1.28. The van der Waals surface area contributed by atoms with Crippen molar-refractivity contribution in [3.8, 4) is 0 Å². The third-order valence-electron chi connectivity index (χ3n) is 10.4. The van der Waals surface area contributed by atoms with Gasteiger partial charge in [0.25, 0.3) is 0 Å². The molecule has 3 aliphatic rings. The van der Waals surface area contributed by atoms with Gasteiger partial charge in [-0.05, 0) is 63.8 Å². The predicted molar refractivity (Wildman–Crippen MR) is 218 cm³/mol. The molecule has 312 valence electrons. The zero-order chi connectivity index (χ0) is 42.3. The van der Waals surface area contributed by atoms with Gasteiger partial charge in [0.15, 0.2) is 0 Å². The summed E-state index contributed by atoms with van der Waals surface area (Å²) >= 11 is 0. The Morgan fingerprint density at radius 3 is 2.22 bits per heavy atom. The van der Waals surface area contributed by atoms with Gasteiger partial charge in [0.1, 0.15) is 30.0 Å². The number of carbonyl (C=O) groups is 5. The van der Waals surface area contributed by atoms with Crippen molar-refractivity contribution in [3.63, 3.8) is 0 Å². The molecule has 3 aromatic carbocycles. The number of rotatable bonds is 13. The monoisotopic (exact) mass is 807 g/mol. The highest BCUT2D eigenvalue weighted by atomic mass is 16.8. The summed E-state index contributed by atoms with van der Waals surface area (Å²) in [5.41, 5.74) is 1.71. The number of likely N-dealkylation sites (N-methyl/N-ethyl adjacent to an activating group) is 1. The van der Waals surface area contributed by atoms with Crippen molar-refractivity contribution >= 4 is 35.7 Å². The van der Waals surface area contributed by atoms with Gasteiger partial charge >= 0.3 is 11.9 Å². The van der Waals surface area contributed by atoms with Gasteiger partial charge in [-0.1, -0.05) is 78.9 Å². The lowest BCUT2D eigenvalue weighted by molar-refractivity contribution is -0.157. The van der Waals surface area contributed by atoms with Crippen LogP contribution in [0.2, 0.25) is 0 Å². The lowest BCUT2D eigenvalue weighted by atomic mass is 9.91. The van der Waals surface area contributed by atoms with Crippen LogP contribution in [-0.2, 0) is 43.9 Å². The largest absolute Gasteiger partial charge is 0.460 e. The summed E-state index contributed by atoms with van der Waals surface area (Å²) in [7, 11) is 3.26. The number of amides is 3. The molecule has 2 saturated heterocycles. The Hall–Kier alpha value is -5.63. The summed E-state index contributed by atoms with van der Waals surface area (Å²) in [4.78, 5) is 70.0. The molecule has 13 nitrogen and oxygen atoms in total. The SMILES string of the molecule is CN(C)C(=O)C=Cc1ccccc1C(=O)O[C@@H]1CC(C(=O)N2CCC[C@@H]2C(=O)N[C@H](CO)CCC(=O)OC(C)(C)C)=C[C@H]2OC(c3ccccc3)(c3ccccc3)O[C@H]21. The van der Waals surface area contributed by atoms with E-state index in [1.165, 1.54) is 15.9 Å². The molecule has 0 aromatic heterocycles. The average molecular weight is 808 g/mol. The van der Waals surface area contributed by atoms with E-state index < -0.39 is 72.1 Å². The highest BCUT2D eigenvalue weighted by Crippen LogP contribution is 2.47. The first kappa shape index (κ1) is 43.0. The van der Waals surface area contributed by atoms with E-state index in [4.69, 9.17) is 18.9 Å². The number of esters is 2. The number of ether oxygens (including phenoxy) is 4. The topological polar surface area (TPSA) is 161 Å². The van der Waals surface area contributed by atoms with Gasteiger partial charge in [-0.15, -0.1) is 0 Å². The molecule has 5 atom stereocenters. The number of hydrogen-bond acceptors (Lipinski definition) is 10. The smallest absolute Gasteiger partial charge is 0.339 e. The van der Waals surface area contributed by atoms with Crippen molar-refractivity contribution < 1.29 is 48.0 Å². The molecule has 2 fully saturated rings. The molecule has 0 bridgehead atoms. The highest BCUT2D eigenvalue weighted by Gasteiger charge is 2.55. The van der Waals surface area contributed by atoms with Crippen LogP contribution in [0.15, 0.2) is 103 Å². The molecular formula is C46H53N3O10. The molecule has 3 amide bonds. The molecule has 2 N–H and O–H groups in total. The third kappa shape index (κ3) is 10.2. The molecular weight excluding hydrogens is 755 g/mol. The van der Waals surface area contributed by atoms with Crippen molar-refractivity contribution in [3.05, 3.63) is 125 Å². The van der Waals surface area contributed by atoms with Crippen LogP contribution in [0.1, 0.15) is 79.9 Å². The van der Waals surface area contributed by atoms with Crippen molar-refractivity contribution in [2.45, 2.75) is 94.7 Å². The molecule has 6 rings (SSSR count). The molecule has 2 heterocycles. The molecule has 0 unspecified atom stereocenters. The average Bonchev–Trinajstić information content (AvgIpc) is 3.88. The number of aliphatic hydroxyl groups is 1. The van der Waals surface area contributed by atoms with E-state index in [-0.39, 0.29) is 36.3 Å². The second-order valence-corrected chi connectivity index (χ2v) is 16.2. The summed E-state index contributed by atoms with van der Waals surface area (Å²) in [5, 5.41) is 12.9. The summed E-state index contributed by atoms with van der Waals surface area (Å²) < 4.78 is 25.4. The molecule has 13 heteroatoms. The maximum atomic E-state index is 14.6. The normalized spacial score (nSPS) is 21.6. The summed E-state index contributed by atoms with van der Waals surface area (Å²) in [6.07, 6.45) is 3.01. The molecule has 1 aliphatic carbocycles. The first-order chi connectivity index (χ1) is 28.2. The van der Waals surface area contributed by atoms with Crippen LogP contribution in [0.4, 0.5) is 0 Å². The summed E-state index contributed by atoms with van der Waals surface area (Å²) in [6, 6.07) is 24.0. The van der Waals surface area contributed by atoms with Crippen LogP contribution in [0.3, 0.4) is 0 Å². The van der Waals surface area contributed by atoms with Crippen molar-refractivity contribution in [2.75, 3.05) is 27.2 Å². The van der Waals surface area contributed by atoms with E-state index in [1.54, 1.807) is 71.3 Å². The van der Waals surface area contributed by atoms with Gasteiger partial charge in [0.2, 0.25) is 23.5 Å². The quantitative estimate of drug-likeness (QED) is 0.179. The number of fused-ring (bicyclic) bond motifs is 1. The van der Waals surface area contributed by atoms with E-state index in [0.717, 1.165) is 0 Å². The lowest BCUT2D eigenvalue weighted by Gasteiger charge is -2.33. The third-order valence-corrected chi connectivity index (χ3v) is 10.4. The molecule has 59 heavy (non-hydrogen) atoms. The number of aliphatic hydroxyl groups excluding tert-OH is 1. The molecule has 0 saturated carbocycles. The fourth-order valence-corrected chi connectivity index (χ4v) is 7.58. The van der Waals surface area contributed by atoms with Crippen LogP contribution in [0, 0.1) is 0 Å². The molecule has 0 spiro atoms. The van der Waals surface area contributed by atoms with E-state index in [1.807, 2.05) is 60.7 Å². The minimum atomic E-state index is -1.42. The van der Waals surface area contributed by atoms with Crippen LogP contribution in [-0.4, -0.2) is 108 Å². The maximum absolute atomic E-state index is 14.6. The Kier molecular flexibility index (Phi) is 13.5. The number of nitrogens with one attached hydrogen (secondary N) is 1. The summed E-state index contributed by atoms with van der Waals surface area (Å²) in [6.45, 7) is 5.19. The van der Waals surface area contributed by atoms with Crippen LogP contribution < -0.4 is 5.32 Å². The van der Waals surface area contributed by atoms with Crippen LogP contribution in [0.25, 0.3) is 6.08 Å².